The lowest BCUT2D eigenvalue weighted by Crippen LogP contribution is -2.32. The van der Waals surface area contributed by atoms with E-state index in [1.54, 1.807) is 6.92 Å². The van der Waals surface area contributed by atoms with Crippen molar-refractivity contribution in [1.82, 2.24) is 0 Å². The number of nitrogens with one attached hydrogen (secondary N) is 1. The zero-order chi connectivity index (χ0) is 12.0. The van der Waals surface area contributed by atoms with E-state index in [4.69, 9.17) is 5.73 Å². The number of rotatable bonds is 5. The SMILES string of the molecule is CSCCc1ccc(NC(=O)[C@H](C)N)cc1. The maximum atomic E-state index is 11.3. The Morgan fingerprint density at radius 2 is 2.06 bits per heavy atom. The van der Waals surface area contributed by atoms with Crippen LogP contribution >= 0.6 is 11.8 Å². The molecule has 1 aromatic carbocycles. The summed E-state index contributed by atoms with van der Waals surface area (Å²) in [5, 5.41) is 2.76. The summed E-state index contributed by atoms with van der Waals surface area (Å²) in [4.78, 5) is 11.3. The highest BCUT2D eigenvalue weighted by atomic mass is 32.2. The van der Waals surface area contributed by atoms with Gasteiger partial charge in [-0.05, 0) is 43.0 Å². The van der Waals surface area contributed by atoms with Gasteiger partial charge in [0.2, 0.25) is 5.91 Å². The van der Waals surface area contributed by atoms with Crippen LogP contribution in [-0.2, 0) is 11.2 Å². The predicted molar refractivity (Wildman–Crippen MR) is 70.8 cm³/mol. The van der Waals surface area contributed by atoms with Gasteiger partial charge in [0.1, 0.15) is 0 Å². The van der Waals surface area contributed by atoms with Gasteiger partial charge in [0.25, 0.3) is 0 Å². The molecule has 0 fully saturated rings. The summed E-state index contributed by atoms with van der Waals surface area (Å²) < 4.78 is 0. The lowest BCUT2D eigenvalue weighted by atomic mass is 10.1. The summed E-state index contributed by atoms with van der Waals surface area (Å²) in [6.45, 7) is 1.67. The van der Waals surface area contributed by atoms with E-state index in [1.807, 2.05) is 36.0 Å². The fourth-order valence-corrected chi connectivity index (χ4v) is 1.67. The Labute approximate surface area is 101 Å². The second-order valence-corrected chi connectivity index (χ2v) is 4.70. The fourth-order valence-electron chi connectivity index (χ4n) is 1.23. The highest BCUT2D eigenvalue weighted by Gasteiger charge is 2.06. The Bertz CT molecular complexity index is 335. The van der Waals surface area contributed by atoms with Gasteiger partial charge in [-0.3, -0.25) is 4.79 Å². The molecule has 0 aliphatic rings. The monoisotopic (exact) mass is 238 g/mol. The van der Waals surface area contributed by atoms with Crippen molar-refractivity contribution in [3.8, 4) is 0 Å². The molecule has 0 saturated carbocycles. The average molecular weight is 238 g/mol. The summed E-state index contributed by atoms with van der Waals surface area (Å²) in [5.41, 5.74) is 7.55. The molecule has 0 spiro atoms. The molecule has 1 rings (SSSR count). The first-order valence-electron chi connectivity index (χ1n) is 5.28. The van der Waals surface area contributed by atoms with Crippen LogP contribution < -0.4 is 11.1 Å². The van der Waals surface area contributed by atoms with E-state index in [9.17, 15) is 4.79 Å². The van der Waals surface area contributed by atoms with Gasteiger partial charge < -0.3 is 11.1 Å². The second kappa shape index (κ2) is 6.55. The smallest absolute Gasteiger partial charge is 0.240 e. The minimum Gasteiger partial charge on any atom is -0.325 e. The summed E-state index contributed by atoms with van der Waals surface area (Å²) >= 11 is 1.83. The minimum atomic E-state index is -0.476. The van der Waals surface area contributed by atoms with E-state index in [2.05, 4.69) is 11.6 Å². The number of amides is 1. The topological polar surface area (TPSA) is 55.1 Å². The lowest BCUT2D eigenvalue weighted by molar-refractivity contribution is -0.117. The molecular weight excluding hydrogens is 220 g/mol. The van der Waals surface area contributed by atoms with Crippen LogP contribution in [0.4, 0.5) is 5.69 Å². The molecule has 0 radical (unpaired) electrons. The number of anilines is 1. The first kappa shape index (κ1) is 13.1. The van der Waals surface area contributed by atoms with Crippen molar-refractivity contribution in [2.75, 3.05) is 17.3 Å². The van der Waals surface area contributed by atoms with Crippen molar-refractivity contribution in [2.24, 2.45) is 5.73 Å². The maximum absolute atomic E-state index is 11.3. The Balaban J connectivity index is 2.54. The van der Waals surface area contributed by atoms with Crippen LogP contribution in [0.1, 0.15) is 12.5 Å². The van der Waals surface area contributed by atoms with Crippen LogP contribution in [0.3, 0.4) is 0 Å². The van der Waals surface area contributed by atoms with Crippen LogP contribution in [0.15, 0.2) is 24.3 Å². The molecule has 1 atom stereocenters. The molecule has 0 bridgehead atoms. The number of hydrogen-bond acceptors (Lipinski definition) is 3. The Hall–Kier alpha value is -1.00. The second-order valence-electron chi connectivity index (χ2n) is 3.72. The average Bonchev–Trinajstić information content (AvgIpc) is 2.28. The van der Waals surface area contributed by atoms with Gasteiger partial charge in [0.15, 0.2) is 0 Å². The van der Waals surface area contributed by atoms with E-state index in [0.717, 1.165) is 17.9 Å². The largest absolute Gasteiger partial charge is 0.325 e. The molecule has 3 nitrogen and oxygen atoms in total. The van der Waals surface area contributed by atoms with Crippen molar-refractivity contribution >= 4 is 23.4 Å². The Morgan fingerprint density at radius 1 is 1.44 bits per heavy atom. The van der Waals surface area contributed by atoms with Crippen molar-refractivity contribution in [3.63, 3.8) is 0 Å². The van der Waals surface area contributed by atoms with Crippen LogP contribution in [-0.4, -0.2) is 24.0 Å². The lowest BCUT2D eigenvalue weighted by Gasteiger charge is -2.08. The molecule has 0 heterocycles. The Kier molecular flexibility index (Phi) is 5.35. The number of nitrogens with two attached hydrogens (primary N) is 1. The molecule has 4 heteroatoms. The van der Waals surface area contributed by atoms with Gasteiger partial charge in [0.05, 0.1) is 6.04 Å². The van der Waals surface area contributed by atoms with Gasteiger partial charge >= 0.3 is 0 Å². The summed E-state index contributed by atoms with van der Waals surface area (Å²) in [6.07, 6.45) is 3.15. The van der Waals surface area contributed by atoms with E-state index in [0.29, 0.717) is 0 Å². The Morgan fingerprint density at radius 3 is 2.56 bits per heavy atom. The minimum absolute atomic E-state index is 0.156. The molecule has 0 unspecified atom stereocenters. The predicted octanol–water partition coefficient (Wildman–Crippen LogP) is 1.88. The molecular formula is C12H18N2OS. The third-order valence-electron chi connectivity index (χ3n) is 2.23. The number of hydrogen-bond donors (Lipinski definition) is 2. The molecule has 88 valence electrons. The molecule has 16 heavy (non-hydrogen) atoms. The molecule has 0 aliphatic heterocycles. The zero-order valence-corrected chi connectivity index (χ0v) is 10.5. The van der Waals surface area contributed by atoms with Gasteiger partial charge in [-0.2, -0.15) is 11.8 Å². The van der Waals surface area contributed by atoms with Crippen molar-refractivity contribution < 1.29 is 4.79 Å². The van der Waals surface area contributed by atoms with Crippen molar-refractivity contribution in [1.29, 1.82) is 0 Å². The van der Waals surface area contributed by atoms with E-state index in [-0.39, 0.29) is 5.91 Å². The third-order valence-corrected chi connectivity index (χ3v) is 2.84. The molecule has 0 aromatic heterocycles. The maximum Gasteiger partial charge on any atom is 0.240 e. The molecule has 1 amide bonds. The number of carbonyl (C=O) groups excluding carboxylic acids is 1. The normalized spacial score (nSPS) is 12.2. The first-order chi connectivity index (χ1) is 7.63. The van der Waals surface area contributed by atoms with Crippen LogP contribution in [0.5, 0.6) is 0 Å². The van der Waals surface area contributed by atoms with Crippen LogP contribution in [0.25, 0.3) is 0 Å². The van der Waals surface area contributed by atoms with Gasteiger partial charge in [-0.15, -0.1) is 0 Å². The van der Waals surface area contributed by atoms with Crippen LogP contribution in [0, 0.1) is 0 Å². The molecule has 1 aromatic rings. The van der Waals surface area contributed by atoms with Crippen molar-refractivity contribution in [2.45, 2.75) is 19.4 Å². The highest BCUT2D eigenvalue weighted by Crippen LogP contribution is 2.11. The summed E-state index contributed by atoms with van der Waals surface area (Å²) in [7, 11) is 0. The zero-order valence-electron chi connectivity index (χ0n) is 9.69. The summed E-state index contributed by atoms with van der Waals surface area (Å²) in [6, 6.07) is 7.42. The van der Waals surface area contributed by atoms with Crippen LogP contribution in [0.2, 0.25) is 0 Å². The quantitative estimate of drug-likeness (QED) is 0.823. The van der Waals surface area contributed by atoms with Gasteiger partial charge in [0, 0.05) is 5.69 Å². The number of thioether (sulfide) groups is 1. The number of aryl methyl sites for hydroxylation is 1. The molecule has 0 aliphatic carbocycles. The third kappa shape index (κ3) is 4.24. The highest BCUT2D eigenvalue weighted by molar-refractivity contribution is 7.98. The summed E-state index contributed by atoms with van der Waals surface area (Å²) in [5.74, 6) is 0.961. The van der Waals surface area contributed by atoms with Crippen molar-refractivity contribution in [3.05, 3.63) is 29.8 Å². The number of benzene rings is 1. The van der Waals surface area contributed by atoms with E-state index >= 15 is 0 Å². The number of carbonyl (C=O) groups is 1. The van der Waals surface area contributed by atoms with E-state index in [1.165, 1.54) is 5.56 Å². The first-order valence-corrected chi connectivity index (χ1v) is 6.67. The standard InChI is InChI=1S/C12H18N2OS/c1-9(13)12(15)14-11-5-3-10(4-6-11)7-8-16-2/h3-6,9H,7-8,13H2,1-2H3,(H,14,15)/t9-/m0/s1. The molecule has 3 N–H and O–H groups in total. The van der Waals surface area contributed by atoms with Gasteiger partial charge in [-0.25, -0.2) is 0 Å². The fraction of sp³-hybridized carbons (Fsp3) is 0.417. The molecule has 0 saturated heterocycles. The van der Waals surface area contributed by atoms with Gasteiger partial charge in [-0.1, -0.05) is 12.1 Å². The van der Waals surface area contributed by atoms with E-state index < -0.39 is 6.04 Å².